The number of carbonyl (C=O) groups excluding carboxylic acids is 6. The van der Waals surface area contributed by atoms with E-state index in [2.05, 4.69) is 53.2 Å². The van der Waals surface area contributed by atoms with Crippen molar-refractivity contribution in [2.24, 2.45) is 28.7 Å². The molecular formula is C91H114Cl2N17O15S+. The second-order valence-electron chi connectivity index (χ2n) is 31.1. The molecule has 10 rings (SSSR count). The summed E-state index contributed by atoms with van der Waals surface area (Å²) < 4.78 is 17.1. The molecule has 7 aromatic carbocycles. The van der Waals surface area contributed by atoms with Gasteiger partial charge in [0.25, 0.3) is 0 Å². The topological polar surface area (TPSA) is 523 Å². The Labute approximate surface area is 745 Å². The number of methoxy groups -OCH3 is 2. The van der Waals surface area contributed by atoms with E-state index in [0.717, 1.165) is 38.4 Å². The zero-order valence-corrected chi connectivity index (χ0v) is 73.0. The number of amides is 6. The molecule has 0 aliphatic rings. The lowest BCUT2D eigenvalue weighted by Crippen LogP contribution is -2.59. The predicted molar refractivity (Wildman–Crippen MR) is 497 cm³/mol. The second kappa shape index (κ2) is 48.0. The normalized spacial score (nSPS) is 13.1. The highest BCUT2D eigenvalue weighted by molar-refractivity contribution is 7.80. The van der Waals surface area contributed by atoms with E-state index in [0.29, 0.717) is 169 Å². The minimum Gasteiger partial charge on any atom is -0.508 e. The molecule has 35 heteroatoms. The van der Waals surface area contributed by atoms with Crippen molar-refractivity contribution < 1.29 is 72.7 Å². The van der Waals surface area contributed by atoms with Crippen LogP contribution < -0.4 is 91.3 Å². The Morgan fingerprint density at radius 3 is 1.21 bits per heavy atom. The van der Waals surface area contributed by atoms with Crippen LogP contribution in [0.1, 0.15) is 145 Å². The average molecular weight is 1790 g/mol. The number of carbonyl (C=O) groups is 8. The number of halogens is 2. The molecule has 7 atom stereocenters. The van der Waals surface area contributed by atoms with Gasteiger partial charge in [-0.3, -0.25) is 28.8 Å². The van der Waals surface area contributed by atoms with Crippen molar-refractivity contribution >= 4 is 171 Å². The molecule has 0 radical (unpaired) electrons. The number of hydrogen-bond acceptors (Lipinski definition) is 22. The maximum atomic E-state index is 15.2. The molecule has 0 spiro atoms. The Hall–Kier alpha value is -11.8. The molecule has 0 fully saturated rings. The molecule has 3 heterocycles. The number of benzene rings is 7. The van der Waals surface area contributed by atoms with E-state index < -0.39 is 89.7 Å². The molecule has 0 aliphatic carbocycles. The van der Waals surface area contributed by atoms with Crippen LogP contribution >= 0.6 is 35.4 Å². The highest BCUT2D eigenvalue weighted by atomic mass is 35.5. The first kappa shape index (κ1) is 96.4. The number of aromatic hydroxyl groups is 2. The molecule has 10 aromatic rings. The maximum absolute atomic E-state index is 15.2. The number of fused-ring (bicyclic) bond motifs is 6. The van der Waals surface area contributed by atoms with Gasteiger partial charge in [-0.05, 0) is 288 Å². The summed E-state index contributed by atoms with van der Waals surface area (Å²) >= 11 is 18.5. The quantitative estimate of drug-likeness (QED) is 0.00728. The van der Waals surface area contributed by atoms with Gasteiger partial charge in [0.1, 0.15) is 59.2 Å². The van der Waals surface area contributed by atoms with Crippen molar-refractivity contribution in [3.05, 3.63) is 143 Å². The molecular weight excluding hydrogens is 1670 g/mol. The summed E-state index contributed by atoms with van der Waals surface area (Å²) in [5, 5.41) is 77.6. The summed E-state index contributed by atoms with van der Waals surface area (Å²) in [6, 6.07) is 26.6. The Morgan fingerprint density at radius 2 is 0.802 bits per heavy atom. The number of aromatic carboxylic acids is 1. The highest BCUT2D eigenvalue weighted by Gasteiger charge is 2.35. The number of phenols is 2. The molecule has 0 unspecified atom stereocenters. The van der Waals surface area contributed by atoms with Crippen LogP contribution in [0.5, 0.6) is 23.0 Å². The molecule has 126 heavy (non-hydrogen) atoms. The number of unbranched alkanes of at least 4 members (excludes halogenated alkanes) is 7. The number of nitrogens with two attached hydrogens (primary N) is 5. The van der Waals surface area contributed by atoms with E-state index in [9.17, 15) is 49.2 Å². The van der Waals surface area contributed by atoms with Gasteiger partial charge in [0, 0.05) is 62.5 Å². The third-order valence-electron chi connectivity index (χ3n) is 21.9. The predicted octanol–water partition coefficient (Wildman–Crippen LogP) is 11.2. The molecule has 0 aliphatic heterocycles. The Kier molecular flexibility index (Phi) is 36.8. The number of ether oxygens (including phenoxy) is 2. The first-order valence-electron chi connectivity index (χ1n) is 42.7. The maximum Gasteiger partial charge on any atom is 0.365 e. The molecule has 6 amide bonds. The summed E-state index contributed by atoms with van der Waals surface area (Å²) in [6.07, 6.45) is 6.11. The fourth-order valence-electron chi connectivity index (χ4n) is 15.2. The van der Waals surface area contributed by atoms with Crippen LogP contribution in [-0.2, 0) is 33.6 Å². The number of hydrogen-bond donors (Lipinski definition) is 19. The van der Waals surface area contributed by atoms with Crippen molar-refractivity contribution in [1.29, 1.82) is 0 Å². The fourth-order valence-corrected chi connectivity index (χ4v) is 15.7. The van der Waals surface area contributed by atoms with Gasteiger partial charge in [-0.15, -0.1) is 0 Å². The van der Waals surface area contributed by atoms with Crippen molar-refractivity contribution in [3.63, 3.8) is 0 Å². The number of aliphatic carboxylic acids is 1. The zero-order valence-electron chi connectivity index (χ0n) is 70.7. The van der Waals surface area contributed by atoms with E-state index in [1.54, 1.807) is 62.8 Å². The Bertz CT molecular complexity index is 5460. The average Bonchev–Trinajstić information content (AvgIpc) is 0.679. The first-order valence-corrected chi connectivity index (χ1v) is 43.9. The summed E-state index contributed by atoms with van der Waals surface area (Å²) in [7, 11) is 3.16. The summed E-state index contributed by atoms with van der Waals surface area (Å²) in [6.45, 7) is 2.09. The number of nitrogens with zero attached hydrogens (tertiary/aromatic N) is 2. The number of thiocarbonyl (C=S) groups is 1. The summed E-state index contributed by atoms with van der Waals surface area (Å²) in [5.41, 5.74) is 36.3. The lowest BCUT2D eigenvalue weighted by Gasteiger charge is -2.28. The van der Waals surface area contributed by atoms with Gasteiger partial charge in [0.05, 0.1) is 82.2 Å². The molecule has 24 N–H and O–H groups in total. The van der Waals surface area contributed by atoms with Crippen molar-refractivity contribution in [1.82, 2.24) is 47.2 Å². The molecule has 0 saturated heterocycles. The molecule has 672 valence electrons. The molecule has 3 aromatic heterocycles. The van der Waals surface area contributed by atoms with E-state index in [4.69, 9.17) is 87.9 Å². The number of rotatable bonds is 51. The fraction of sp³-hybridized carbons (Fsp3) is 0.407. The van der Waals surface area contributed by atoms with Crippen LogP contribution in [0.3, 0.4) is 0 Å². The van der Waals surface area contributed by atoms with Gasteiger partial charge in [-0.25, -0.2) is 24.0 Å². The number of aromatic nitrogens is 2. The number of carboxylic acids is 2. The van der Waals surface area contributed by atoms with Gasteiger partial charge >= 0.3 is 23.1 Å². The number of anilines is 3. The third-order valence-corrected chi connectivity index (χ3v) is 22.6. The molecule has 0 saturated carbocycles. The first-order chi connectivity index (χ1) is 60.8. The zero-order chi connectivity index (χ0) is 90.3. The largest absolute Gasteiger partial charge is 0.508 e. The van der Waals surface area contributed by atoms with E-state index >= 15 is 9.59 Å². The molecule has 32 nitrogen and oxygen atoms in total. The second-order valence-corrected chi connectivity index (χ2v) is 32.4. The highest BCUT2D eigenvalue weighted by Crippen LogP contribution is 2.42. The van der Waals surface area contributed by atoms with Crippen LogP contribution in [-0.4, -0.2) is 185 Å². The molecule has 0 bridgehead atoms. The van der Waals surface area contributed by atoms with E-state index in [1.165, 1.54) is 30.3 Å². The SMILES string of the molecule is COc1ccc2nc3cc(Cl)ccc3c(NCCCC[C@H](NC(=O)[C@H](CCCCN)NC(=O)[C@H](CCCCN)NC(=O)[C@H](CCCCNC(=S)Nc3ccc(-c4c5ccc(O)cc5[o+]c5cc(O)ccc45)c(C(=O)O)c3)NC(=O)[C@H](CCCCN)NC(=O)[C@H](CCCCN)NC(=O)[C@@H](N)CCCCNc3c4ccc(Cl)cc4nc4ccc(OC)cc34)C(=O)O)c2c1. The number of carboxylic acid groups (broad SMARTS) is 2. The number of nitrogens with one attached hydrogen (secondary N) is 10. The van der Waals surface area contributed by atoms with Gasteiger partial charge in [-0.1, -0.05) is 29.3 Å². The van der Waals surface area contributed by atoms with Gasteiger partial charge in [0.2, 0.25) is 35.4 Å². The number of pyridine rings is 2. The van der Waals surface area contributed by atoms with Crippen LogP contribution in [0.15, 0.2) is 132 Å². The standard InChI is InChI=1S/C91H113Cl2N17O15S/c1-123-57-29-36-68-65(50-57)81(60-31-24-52(92)45-76(60)103-68)99-42-14-7-17-67(98)83(113)105-70(18-3-10-38-94)84(114)106-71(19-4-11-39-95)86(116)109-74(22-8-16-44-101-91(126)102-54-26-33-59(64(47-54)89(119)120)80-62-34-27-55(111)48-78(62)125-79-49-56(112)28-35-63(79)80)87(117)107-72(20-5-12-40-96)85(115)108-73(21-6-13-41-97)88(118)110-75(90(121)122)23-9-15-43-100-82-61-32-25-53(93)46-77(61)104-69-37-30-58(124-2)51-66(69)82/h24-37,45-51,67,70-75H,3-23,38-44,94-98H2,1-2H3,(H13-,99,100,101,102,103,104,105,106,107,108,109,110,111,112,113,114,115,116,117,118,119,120,121,122,126)/p+1/t67-,70-,71-,72-,73-,74-,75-/m0/s1. The minimum absolute atomic E-state index is 0.00703. The lowest BCUT2D eigenvalue weighted by atomic mass is 9.93. The third kappa shape index (κ3) is 26.9. The smallest absolute Gasteiger partial charge is 0.365 e. The minimum atomic E-state index is -1.40. The van der Waals surface area contributed by atoms with Crippen LogP contribution in [0.25, 0.3) is 76.7 Å². The van der Waals surface area contributed by atoms with Gasteiger partial charge in [-0.2, -0.15) is 0 Å². The van der Waals surface area contributed by atoms with Crippen LogP contribution in [0, 0.1) is 0 Å². The van der Waals surface area contributed by atoms with Crippen molar-refractivity contribution in [3.8, 4) is 34.1 Å². The van der Waals surface area contributed by atoms with Crippen LogP contribution in [0.4, 0.5) is 17.1 Å². The van der Waals surface area contributed by atoms with Crippen molar-refractivity contribution in [2.75, 3.05) is 76.0 Å². The number of phenolic OH excluding ortho intramolecular Hbond substituents is 2. The van der Waals surface area contributed by atoms with E-state index in [1.807, 2.05) is 48.5 Å². The van der Waals surface area contributed by atoms with Crippen molar-refractivity contribution in [2.45, 2.75) is 177 Å². The Morgan fingerprint density at radius 1 is 0.421 bits per heavy atom. The summed E-state index contributed by atoms with van der Waals surface area (Å²) in [4.78, 5) is 124. The monoisotopic (exact) mass is 1790 g/mol. The van der Waals surface area contributed by atoms with Gasteiger partial charge < -0.3 is 112 Å². The van der Waals surface area contributed by atoms with Gasteiger partial charge in [0.15, 0.2) is 5.11 Å². The van der Waals surface area contributed by atoms with E-state index in [-0.39, 0.29) is 111 Å². The van der Waals surface area contributed by atoms with Crippen LogP contribution in [0.2, 0.25) is 10.0 Å². The Balaban J connectivity index is 0.833. The lowest BCUT2D eigenvalue weighted by molar-refractivity contribution is -0.142. The summed E-state index contributed by atoms with van der Waals surface area (Å²) in [5.74, 6) is -5.93.